The average Bonchev–Trinajstić information content (AvgIpc) is 3.17. The van der Waals surface area contributed by atoms with Crippen LogP contribution in [0.5, 0.6) is 0 Å². The van der Waals surface area contributed by atoms with E-state index in [-0.39, 0.29) is 18.1 Å². The van der Waals surface area contributed by atoms with Gasteiger partial charge in [0, 0.05) is 31.3 Å². The maximum Gasteiger partial charge on any atom is 0.273 e. The van der Waals surface area contributed by atoms with Gasteiger partial charge in [-0.2, -0.15) is 0 Å². The highest BCUT2D eigenvalue weighted by molar-refractivity contribution is 5.95. The lowest BCUT2D eigenvalue weighted by atomic mass is 9.96. The van der Waals surface area contributed by atoms with Crippen LogP contribution in [0.3, 0.4) is 0 Å². The number of nitrogens with one attached hydrogen (secondary N) is 1. The molecule has 1 aromatic carbocycles. The molecular formula is C24H32N4O3. The molecule has 1 N–H and O–H groups in total. The third-order valence-electron chi connectivity index (χ3n) is 6.38. The molecule has 0 radical (unpaired) electrons. The molecule has 7 heteroatoms. The highest BCUT2D eigenvalue weighted by atomic mass is 16.5. The third kappa shape index (κ3) is 5.94. The highest BCUT2D eigenvalue weighted by Gasteiger charge is 2.25. The first-order chi connectivity index (χ1) is 15.2. The number of aromatic nitrogens is 1. The van der Waals surface area contributed by atoms with Crippen LogP contribution in [-0.4, -0.2) is 66.0 Å². The zero-order valence-electron chi connectivity index (χ0n) is 18.1. The summed E-state index contributed by atoms with van der Waals surface area (Å²) < 4.78 is 5.27. The molecule has 2 amide bonds. The van der Waals surface area contributed by atoms with Crippen LogP contribution in [0.4, 0.5) is 0 Å². The molecule has 0 bridgehead atoms. The average molecular weight is 425 g/mol. The predicted molar refractivity (Wildman–Crippen MR) is 118 cm³/mol. The summed E-state index contributed by atoms with van der Waals surface area (Å²) in [6.45, 7) is 5.14. The number of piperidine rings is 1. The molecule has 7 nitrogen and oxygen atoms in total. The zero-order chi connectivity index (χ0) is 21.5. The minimum Gasteiger partial charge on any atom is -0.355 e. The van der Waals surface area contributed by atoms with Crippen molar-refractivity contribution in [2.75, 3.05) is 39.3 Å². The van der Waals surface area contributed by atoms with Gasteiger partial charge in [-0.25, -0.2) is 0 Å². The van der Waals surface area contributed by atoms with E-state index in [0.717, 1.165) is 38.0 Å². The van der Waals surface area contributed by atoms with Crippen molar-refractivity contribution in [3.63, 3.8) is 0 Å². The van der Waals surface area contributed by atoms with Crippen molar-refractivity contribution < 1.29 is 14.1 Å². The number of nitrogens with zero attached hydrogens (tertiary/aromatic N) is 3. The van der Waals surface area contributed by atoms with Crippen molar-refractivity contribution in [2.24, 2.45) is 5.92 Å². The standard InChI is InChI=1S/C24H32N4O3/c29-23(28-14-10-19(11-15-28)18-27-12-6-1-2-7-13-27)17-25-24(30)21-16-22(31-26-21)20-8-4-3-5-9-20/h3-5,8-9,16,19H,1-2,6-7,10-15,17-18H2,(H,25,30). The van der Waals surface area contributed by atoms with E-state index in [4.69, 9.17) is 4.52 Å². The summed E-state index contributed by atoms with van der Waals surface area (Å²) in [5.74, 6) is 0.774. The van der Waals surface area contributed by atoms with Gasteiger partial charge < -0.3 is 19.6 Å². The Hall–Kier alpha value is -2.67. The second kappa shape index (κ2) is 10.6. The number of rotatable bonds is 6. The Morgan fingerprint density at radius 1 is 1.00 bits per heavy atom. The van der Waals surface area contributed by atoms with Gasteiger partial charge in [-0.15, -0.1) is 0 Å². The lowest BCUT2D eigenvalue weighted by Crippen LogP contribution is -2.45. The van der Waals surface area contributed by atoms with Crippen LogP contribution in [-0.2, 0) is 4.79 Å². The maximum atomic E-state index is 12.6. The second-order valence-corrected chi connectivity index (χ2v) is 8.66. The Labute approximate surface area is 183 Å². The van der Waals surface area contributed by atoms with Gasteiger partial charge >= 0.3 is 0 Å². The van der Waals surface area contributed by atoms with Crippen molar-refractivity contribution in [3.05, 3.63) is 42.1 Å². The van der Waals surface area contributed by atoms with Crippen molar-refractivity contribution in [2.45, 2.75) is 38.5 Å². The number of amides is 2. The van der Waals surface area contributed by atoms with Gasteiger partial charge in [0.1, 0.15) is 0 Å². The van der Waals surface area contributed by atoms with Crippen LogP contribution in [0.2, 0.25) is 0 Å². The molecule has 1 aromatic heterocycles. The fourth-order valence-corrected chi connectivity index (χ4v) is 4.53. The number of likely N-dealkylation sites (tertiary alicyclic amines) is 2. The summed E-state index contributed by atoms with van der Waals surface area (Å²) in [6.07, 6.45) is 7.43. The first-order valence-corrected chi connectivity index (χ1v) is 11.5. The Balaban J connectivity index is 1.20. The summed E-state index contributed by atoms with van der Waals surface area (Å²) in [7, 11) is 0. The normalized spacial score (nSPS) is 18.5. The number of hydrogen-bond acceptors (Lipinski definition) is 5. The molecule has 2 saturated heterocycles. The summed E-state index contributed by atoms with van der Waals surface area (Å²) in [5.41, 5.74) is 1.04. The van der Waals surface area contributed by atoms with Crippen LogP contribution in [0.15, 0.2) is 40.9 Å². The Morgan fingerprint density at radius 3 is 2.42 bits per heavy atom. The minimum atomic E-state index is -0.393. The van der Waals surface area contributed by atoms with Crippen LogP contribution < -0.4 is 5.32 Å². The lowest BCUT2D eigenvalue weighted by molar-refractivity contribution is -0.131. The molecule has 0 spiro atoms. The Bertz CT molecular complexity index is 851. The van der Waals surface area contributed by atoms with E-state index in [0.29, 0.717) is 11.7 Å². The summed E-state index contributed by atoms with van der Waals surface area (Å²) in [5, 5.41) is 6.52. The van der Waals surface area contributed by atoms with Gasteiger partial charge in [0.05, 0.1) is 6.54 Å². The molecule has 0 saturated carbocycles. The van der Waals surface area contributed by atoms with Crippen molar-refractivity contribution in [1.29, 1.82) is 0 Å². The Kier molecular flexibility index (Phi) is 7.35. The van der Waals surface area contributed by atoms with E-state index in [2.05, 4.69) is 15.4 Å². The van der Waals surface area contributed by atoms with Crippen molar-refractivity contribution in [1.82, 2.24) is 20.3 Å². The van der Waals surface area contributed by atoms with Crippen LogP contribution in [0, 0.1) is 5.92 Å². The first kappa shape index (κ1) is 21.6. The zero-order valence-corrected chi connectivity index (χ0v) is 18.1. The summed E-state index contributed by atoms with van der Waals surface area (Å²) >= 11 is 0. The quantitative estimate of drug-likeness (QED) is 0.771. The SMILES string of the molecule is O=C(NCC(=O)N1CCC(CN2CCCCCC2)CC1)c1cc(-c2ccccc2)on1. The number of carbonyl (C=O) groups is 2. The summed E-state index contributed by atoms with van der Waals surface area (Å²) in [6, 6.07) is 11.1. The molecule has 0 aliphatic carbocycles. The molecular weight excluding hydrogens is 392 g/mol. The molecule has 31 heavy (non-hydrogen) atoms. The van der Waals surface area contributed by atoms with Crippen molar-refractivity contribution >= 4 is 11.8 Å². The minimum absolute atomic E-state index is 0.0108. The van der Waals surface area contributed by atoms with E-state index in [1.807, 2.05) is 35.2 Å². The van der Waals surface area contributed by atoms with E-state index >= 15 is 0 Å². The Morgan fingerprint density at radius 2 is 1.71 bits per heavy atom. The predicted octanol–water partition coefficient (Wildman–Crippen LogP) is 3.19. The lowest BCUT2D eigenvalue weighted by Gasteiger charge is -2.34. The van der Waals surface area contributed by atoms with Crippen LogP contribution in [0.25, 0.3) is 11.3 Å². The van der Waals surface area contributed by atoms with E-state index in [1.54, 1.807) is 6.07 Å². The number of carbonyl (C=O) groups excluding carboxylic acids is 2. The molecule has 2 aliphatic heterocycles. The van der Waals surface area contributed by atoms with Gasteiger partial charge in [-0.3, -0.25) is 9.59 Å². The molecule has 166 valence electrons. The highest BCUT2D eigenvalue weighted by Crippen LogP contribution is 2.21. The molecule has 2 fully saturated rings. The monoisotopic (exact) mass is 424 g/mol. The van der Waals surface area contributed by atoms with E-state index in [9.17, 15) is 9.59 Å². The first-order valence-electron chi connectivity index (χ1n) is 11.5. The maximum absolute atomic E-state index is 12.6. The number of benzene rings is 1. The fourth-order valence-electron chi connectivity index (χ4n) is 4.53. The van der Waals surface area contributed by atoms with Crippen LogP contribution in [0.1, 0.15) is 49.0 Å². The summed E-state index contributed by atoms with van der Waals surface area (Å²) in [4.78, 5) is 29.4. The largest absolute Gasteiger partial charge is 0.355 e. The van der Waals surface area contributed by atoms with Gasteiger partial charge in [0.15, 0.2) is 11.5 Å². The topological polar surface area (TPSA) is 78.7 Å². The smallest absolute Gasteiger partial charge is 0.273 e. The molecule has 2 aliphatic rings. The van der Waals surface area contributed by atoms with Gasteiger partial charge in [-0.1, -0.05) is 48.3 Å². The molecule has 0 unspecified atom stereocenters. The second-order valence-electron chi connectivity index (χ2n) is 8.66. The van der Waals surface area contributed by atoms with Crippen LogP contribution >= 0.6 is 0 Å². The molecule has 0 atom stereocenters. The fraction of sp³-hybridized carbons (Fsp3) is 0.542. The van der Waals surface area contributed by atoms with Gasteiger partial charge in [0.2, 0.25) is 5.91 Å². The third-order valence-corrected chi connectivity index (χ3v) is 6.38. The van der Waals surface area contributed by atoms with Crippen molar-refractivity contribution in [3.8, 4) is 11.3 Å². The molecule has 3 heterocycles. The van der Waals surface area contributed by atoms with E-state index < -0.39 is 5.91 Å². The van der Waals surface area contributed by atoms with Gasteiger partial charge in [0.25, 0.3) is 5.91 Å². The number of hydrogen-bond donors (Lipinski definition) is 1. The molecule has 2 aromatic rings. The van der Waals surface area contributed by atoms with Gasteiger partial charge in [-0.05, 0) is 44.7 Å². The molecule has 4 rings (SSSR count). The van der Waals surface area contributed by atoms with E-state index in [1.165, 1.54) is 38.8 Å².